The summed E-state index contributed by atoms with van der Waals surface area (Å²) in [4.78, 5) is 39.6. The van der Waals surface area contributed by atoms with Gasteiger partial charge < -0.3 is 30.0 Å². The van der Waals surface area contributed by atoms with Crippen LogP contribution < -0.4 is 14.7 Å². The quantitative estimate of drug-likeness (QED) is 0.0549. The van der Waals surface area contributed by atoms with Crippen LogP contribution in [0.3, 0.4) is 0 Å². The van der Waals surface area contributed by atoms with Crippen molar-refractivity contribution >= 4 is 53.2 Å². The number of carbonyl (C=O) groups is 3. The highest BCUT2D eigenvalue weighted by Crippen LogP contribution is 2.48. The Morgan fingerprint density at radius 1 is 0.435 bits per heavy atom. The number of hydrogen-bond donors (Lipinski definition) is 3. The van der Waals surface area contributed by atoms with Crippen LogP contribution in [-0.4, -0.2) is 80.7 Å². The Kier molecular flexibility index (Phi) is 24.0. The van der Waals surface area contributed by atoms with Crippen molar-refractivity contribution in [2.75, 3.05) is 14.7 Å². The number of carboxylic acid groups (broad SMARTS) is 3. The second-order valence-corrected chi connectivity index (χ2v) is 31.0. The minimum atomic E-state index is -1.18. The molecule has 19 heteroatoms. The van der Waals surface area contributed by atoms with Crippen molar-refractivity contribution in [1.29, 1.82) is 0 Å². The van der Waals surface area contributed by atoms with E-state index in [2.05, 4.69) is 183 Å². The average molecular weight is 1550 g/mol. The third kappa shape index (κ3) is 17.8. The lowest BCUT2D eigenvalue weighted by atomic mass is 9.82. The maximum atomic E-state index is 15.8. The van der Waals surface area contributed by atoms with Crippen LogP contribution in [0.5, 0.6) is 0 Å². The lowest BCUT2D eigenvalue weighted by Crippen LogP contribution is -2.43. The topological polar surface area (TPSA) is 175 Å². The molecule has 0 fully saturated rings. The van der Waals surface area contributed by atoms with Gasteiger partial charge in [-0.05, 0) is 234 Å². The summed E-state index contributed by atoms with van der Waals surface area (Å²) in [7, 11) is 3.81. The molecule has 6 atom stereocenters. The first-order valence-electron chi connectivity index (χ1n) is 38.9. The molecule has 115 heavy (non-hydrogen) atoms. The van der Waals surface area contributed by atoms with E-state index in [-0.39, 0.29) is 40.4 Å². The van der Waals surface area contributed by atoms with Crippen LogP contribution in [-0.2, 0) is 54.3 Å². The summed E-state index contributed by atoms with van der Waals surface area (Å²) in [6, 6.07) is 53.7. The van der Waals surface area contributed by atoms with Crippen molar-refractivity contribution in [2.24, 2.45) is 14.1 Å². The highest BCUT2D eigenvalue weighted by molar-refractivity contribution is 5.87. The summed E-state index contributed by atoms with van der Waals surface area (Å²) in [6.07, 6.45) is 20.8. The number of benzene rings is 9. The maximum Gasteiger partial charge on any atom is 0.328 e. The number of nitrogens with zero attached hydrogens (tertiary/aromatic N) is 9. The zero-order valence-corrected chi connectivity index (χ0v) is 66.6. The molecule has 0 amide bonds. The SMILES string of the molecule is CC(C)c1ccc(N2[C@H](c3c(F)cc(/C=C/C(=O)O)cc3F)c3ccc(-c4cnn(C)c4)cc3C[C@H]2C)cc1.CCn1cc(-c2ccc3c(c2)C[C@@H](C)N(c2ccc(C(C)C)cc2)[C@@H]3c2c(F)cc(/C=C/C(=O)O)cc2F)cn1.Cc1ccc(N2C(C)Cc3cc(-c4cnn(C)c4)ccc3C2c2ccc(/C=C/C(=O)O)cc2)c(C)c1. The van der Waals surface area contributed by atoms with Crippen molar-refractivity contribution in [3.05, 3.63) is 338 Å². The highest BCUT2D eigenvalue weighted by atomic mass is 19.1. The first kappa shape index (κ1) is 80.4. The number of aryl methyl sites for hydroxylation is 5. The molecular formula is C96H95F4N9O6. The van der Waals surface area contributed by atoms with E-state index in [1.165, 1.54) is 92.7 Å². The summed E-state index contributed by atoms with van der Waals surface area (Å²) in [5, 5.41) is 39.9. The fourth-order valence-corrected chi connectivity index (χ4v) is 16.5. The number of rotatable bonds is 18. The summed E-state index contributed by atoms with van der Waals surface area (Å²) in [6.45, 7) is 22.1. The monoisotopic (exact) mass is 1550 g/mol. The van der Waals surface area contributed by atoms with E-state index < -0.39 is 53.3 Å². The van der Waals surface area contributed by atoms with E-state index in [0.29, 0.717) is 30.7 Å². The van der Waals surface area contributed by atoms with Gasteiger partial charge >= 0.3 is 17.9 Å². The standard InChI is InChI=1S/C33H33F2N3O2.C32H31F2N3O2.C31H31N3O2/c1-5-37-19-26(18-36-37)24-9-12-28-25(17-24)14-21(4)38(27-10-7-23(8-11-27)20(2)3)33(28)32-29(34)15-22(16-30(32)35)6-13-31(39)40;1-19(2)22-6-9-26(10-7-22)37-20(3)13-24-16-23(25-17-35-36(4)18-25)8-11-27(24)32(37)31-28(33)14-21(15-29(31)34)5-12-30(38)39;1-20-5-13-29(21(2)15-20)34-22(3)16-26-17-25(27-18-32-33(4)19-27)11-12-28(26)31(34)24-9-6-23(7-10-24)8-14-30(35)36/h6-13,15-21,33H,5,14H2,1-4H3,(H,39,40);5-12,14-20,32H,13H2,1-4H3,(H,38,39);5-15,17-19,22,31H,16H2,1-4H3,(H,35,36)/b13-6+;12-5+;14-8+/t21-,33+;20-,32+;/m11./s1. The number of carboxylic acids is 3. The van der Waals surface area contributed by atoms with Gasteiger partial charge in [-0.2, -0.15) is 15.3 Å². The predicted octanol–water partition coefficient (Wildman–Crippen LogP) is 21.1. The van der Waals surface area contributed by atoms with Crippen LogP contribution in [0.25, 0.3) is 51.6 Å². The van der Waals surface area contributed by atoms with Crippen molar-refractivity contribution in [3.8, 4) is 33.4 Å². The Morgan fingerprint density at radius 3 is 1.17 bits per heavy atom. The van der Waals surface area contributed by atoms with Crippen LogP contribution >= 0.6 is 0 Å². The molecule has 15 nitrogen and oxygen atoms in total. The average Bonchev–Trinajstić information content (AvgIpc) is 1.35. The number of halogens is 4. The van der Waals surface area contributed by atoms with Crippen LogP contribution in [0.1, 0.15) is 174 Å². The normalized spacial score (nSPS) is 17.2. The second kappa shape index (κ2) is 34.4. The summed E-state index contributed by atoms with van der Waals surface area (Å²) >= 11 is 0. The molecule has 588 valence electrons. The largest absolute Gasteiger partial charge is 0.478 e. The number of anilines is 3. The molecule has 0 radical (unpaired) electrons. The van der Waals surface area contributed by atoms with Gasteiger partial charge in [-0.25, -0.2) is 31.9 Å². The fourth-order valence-electron chi connectivity index (χ4n) is 16.5. The molecule has 0 bridgehead atoms. The fraction of sp³-hybridized carbons (Fsp3) is 0.250. The molecule has 3 N–H and O–H groups in total. The molecule has 0 aliphatic carbocycles. The summed E-state index contributed by atoms with van der Waals surface area (Å²) < 4.78 is 68.7. The molecule has 0 saturated heterocycles. The molecule has 3 aromatic heterocycles. The van der Waals surface area contributed by atoms with E-state index in [4.69, 9.17) is 15.3 Å². The van der Waals surface area contributed by atoms with Crippen molar-refractivity contribution < 1.29 is 47.3 Å². The van der Waals surface area contributed by atoms with Gasteiger partial charge in [0, 0.05) is 109 Å². The first-order valence-corrected chi connectivity index (χ1v) is 38.9. The zero-order valence-electron chi connectivity index (χ0n) is 66.6. The zero-order chi connectivity index (χ0) is 81.8. The Morgan fingerprint density at radius 2 is 0.809 bits per heavy atom. The predicted molar refractivity (Wildman–Crippen MR) is 449 cm³/mol. The molecule has 15 rings (SSSR count). The first-order chi connectivity index (χ1) is 55.1. The van der Waals surface area contributed by atoms with E-state index in [1.54, 1.807) is 17.0 Å². The lowest BCUT2D eigenvalue weighted by molar-refractivity contribution is -0.132. The third-order valence-corrected chi connectivity index (χ3v) is 22.1. The van der Waals surface area contributed by atoms with Gasteiger partial charge in [0.1, 0.15) is 23.3 Å². The van der Waals surface area contributed by atoms with Crippen LogP contribution in [0.15, 0.2) is 225 Å². The van der Waals surface area contributed by atoms with Crippen LogP contribution in [0, 0.1) is 37.1 Å². The molecule has 9 aromatic carbocycles. The van der Waals surface area contributed by atoms with E-state index in [9.17, 15) is 14.4 Å². The van der Waals surface area contributed by atoms with Gasteiger partial charge in [0.25, 0.3) is 0 Å². The highest BCUT2D eigenvalue weighted by Gasteiger charge is 2.40. The molecule has 6 heterocycles. The maximum absolute atomic E-state index is 15.8. The Labute approximate surface area is 669 Å². The molecule has 12 aromatic rings. The van der Waals surface area contributed by atoms with Crippen molar-refractivity contribution in [3.63, 3.8) is 0 Å². The van der Waals surface area contributed by atoms with Crippen LogP contribution in [0.4, 0.5) is 34.6 Å². The van der Waals surface area contributed by atoms with Gasteiger partial charge in [0.05, 0.1) is 47.8 Å². The number of aromatic nitrogens is 6. The van der Waals surface area contributed by atoms with Crippen LogP contribution in [0.2, 0.25) is 0 Å². The van der Waals surface area contributed by atoms with Gasteiger partial charge in [0.2, 0.25) is 0 Å². The summed E-state index contributed by atoms with van der Waals surface area (Å²) in [5.74, 6) is -5.45. The third-order valence-electron chi connectivity index (χ3n) is 22.1. The Hall–Kier alpha value is -12.6. The molecule has 2 unspecified atom stereocenters. The van der Waals surface area contributed by atoms with E-state index in [1.807, 2.05) is 116 Å². The second-order valence-electron chi connectivity index (χ2n) is 31.0. The van der Waals surface area contributed by atoms with Gasteiger partial charge in [-0.1, -0.05) is 149 Å². The molecule has 3 aliphatic rings. The Balaban J connectivity index is 0.000000150. The van der Waals surface area contributed by atoms with Gasteiger partial charge in [0.15, 0.2) is 0 Å². The number of fused-ring (bicyclic) bond motifs is 3. The van der Waals surface area contributed by atoms with Gasteiger partial charge in [-0.15, -0.1) is 0 Å². The van der Waals surface area contributed by atoms with Crippen molar-refractivity contribution in [2.45, 2.75) is 143 Å². The molecule has 3 aliphatic heterocycles. The number of hydrogen-bond acceptors (Lipinski definition) is 9. The van der Waals surface area contributed by atoms with Gasteiger partial charge in [-0.3, -0.25) is 14.0 Å². The minimum absolute atomic E-state index is 0.0469. The summed E-state index contributed by atoms with van der Waals surface area (Å²) in [5.41, 5.74) is 22.8. The smallest absolute Gasteiger partial charge is 0.328 e. The molecular weight excluding hydrogens is 1450 g/mol. The van der Waals surface area contributed by atoms with E-state index >= 15 is 17.6 Å². The lowest BCUT2D eigenvalue weighted by Gasteiger charge is -2.45. The molecule has 0 saturated carbocycles. The minimum Gasteiger partial charge on any atom is -0.478 e. The van der Waals surface area contributed by atoms with Crippen molar-refractivity contribution in [1.82, 2.24) is 29.3 Å². The number of aliphatic carboxylic acids is 3. The molecule has 0 spiro atoms. The Bertz CT molecular complexity index is 5630. The van der Waals surface area contributed by atoms with E-state index in [0.717, 1.165) is 92.1 Å².